The lowest BCUT2D eigenvalue weighted by Gasteiger charge is -2.41. The van der Waals surface area contributed by atoms with Crippen LogP contribution in [0.5, 0.6) is 0 Å². The summed E-state index contributed by atoms with van der Waals surface area (Å²) in [6.07, 6.45) is 7.05. The molecule has 0 radical (unpaired) electrons. The van der Waals surface area contributed by atoms with Crippen molar-refractivity contribution in [2.75, 3.05) is 0 Å². The summed E-state index contributed by atoms with van der Waals surface area (Å²) in [6.45, 7) is 5.67. The van der Waals surface area contributed by atoms with Gasteiger partial charge in [-0.05, 0) is 32.1 Å². The first-order valence-corrected chi connectivity index (χ1v) is 10.4. The van der Waals surface area contributed by atoms with Gasteiger partial charge < -0.3 is 10.2 Å². The predicted octanol–water partition coefficient (Wildman–Crippen LogP) is 5.50. The molecule has 144 valence electrons. The minimum Gasteiger partial charge on any atom is -0.480 e. The van der Waals surface area contributed by atoms with E-state index in [1.165, 1.54) is 0 Å². The summed E-state index contributed by atoms with van der Waals surface area (Å²) in [5, 5.41) is 27.3. The highest BCUT2D eigenvalue weighted by Crippen LogP contribution is 2.50. The van der Waals surface area contributed by atoms with Gasteiger partial charge in [0.2, 0.25) is 0 Å². The standard InChI is InChI=1S/C11H16BrNO2.C7H13BrO2/c1-2-11(12,9(14)15)10(8-13)6-4-3-5-7-10;1-3-5-7(8,4-2)6(9)10/h2-7H2,1H3,(H,14,15);3-5H2,1-2H3,(H,9,10). The number of nitrogens with zero attached hydrogens (tertiary/aromatic N) is 1. The number of rotatable bonds is 7. The van der Waals surface area contributed by atoms with Gasteiger partial charge >= 0.3 is 11.9 Å². The number of hydrogen-bond acceptors (Lipinski definition) is 3. The third kappa shape index (κ3) is 5.68. The van der Waals surface area contributed by atoms with Crippen LogP contribution in [0.4, 0.5) is 0 Å². The molecule has 0 spiro atoms. The van der Waals surface area contributed by atoms with Gasteiger partial charge in [-0.2, -0.15) is 5.26 Å². The molecule has 0 heterocycles. The summed E-state index contributed by atoms with van der Waals surface area (Å²) < 4.78 is -1.75. The summed E-state index contributed by atoms with van der Waals surface area (Å²) >= 11 is 6.52. The van der Waals surface area contributed by atoms with Gasteiger partial charge in [0.05, 0.1) is 11.5 Å². The Morgan fingerprint density at radius 3 is 1.80 bits per heavy atom. The van der Waals surface area contributed by atoms with E-state index in [4.69, 9.17) is 5.11 Å². The van der Waals surface area contributed by atoms with E-state index in [-0.39, 0.29) is 0 Å². The van der Waals surface area contributed by atoms with Gasteiger partial charge in [-0.15, -0.1) is 0 Å². The second-order valence-electron chi connectivity index (χ2n) is 6.59. The molecule has 0 saturated heterocycles. The molecule has 7 heteroatoms. The highest BCUT2D eigenvalue weighted by molar-refractivity contribution is 9.10. The van der Waals surface area contributed by atoms with Crippen LogP contribution in [0.3, 0.4) is 0 Å². The number of alkyl halides is 2. The van der Waals surface area contributed by atoms with Crippen molar-refractivity contribution >= 4 is 43.8 Å². The van der Waals surface area contributed by atoms with Crippen molar-refractivity contribution in [1.29, 1.82) is 5.26 Å². The second-order valence-corrected chi connectivity index (χ2v) is 9.46. The third-order valence-electron chi connectivity index (χ3n) is 5.10. The van der Waals surface area contributed by atoms with Crippen molar-refractivity contribution in [2.24, 2.45) is 5.41 Å². The van der Waals surface area contributed by atoms with Gasteiger partial charge in [0.1, 0.15) is 8.65 Å². The van der Waals surface area contributed by atoms with Crippen LogP contribution < -0.4 is 0 Å². The minimum absolute atomic E-state index is 0.440. The molecule has 1 rings (SSSR count). The van der Waals surface area contributed by atoms with Gasteiger partial charge in [0, 0.05) is 0 Å². The van der Waals surface area contributed by atoms with E-state index in [9.17, 15) is 20.0 Å². The molecular formula is C18H29Br2NO4. The normalized spacial score (nSPS) is 20.8. The number of halogens is 2. The Kier molecular flexibility index (Phi) is 10.3. The highest BCUT2D eigenvalue weighted by Gasteiger charge is 2.54. The van der Waals surface area contributed by atoms with Crippen molar-refractivity contribution in [1.82, 2.24) is 0 Å². The quantitative estimate of drug-likeness (QED) is 0.466. The van der Waals surface area contributed by atoms with Gasteiger partial charge in [-0.3, -0.25) is 9.59 Å². The lowest BCUT2D eigenvalue weighted by atomic mass is 9.66. The van der Waals surface area contributed by atoms with Crippen LogP contribution in [-0.2, 0) is 9.59 Å². The van der Waals surface area contributed by atoms with Crippen LogP contribution in [-0.4, -0.2) is 30.8 Å². The van der Waals surface area contributed by atoms with Crippen LogP contribution in [0.1, 0.15) is 78.6 Å². The van der Waals surface area contributed by atoms with Crippen LogP contribution in [0.2, 0.25) is 0 Å². The molecule has 5 nitrogen and oxygen atoms in total. The fourth-order valence-corrected chi connectivity index (χ4v) is 4.16. The van der Waals surface area contributed by atoms with Gasteiger partial charge in [-0.25, -0.2) is 0 Å². The Labute approximate surface area is 167 Å². The molecular weight excluding hydrogens is 454 g/mol. The summed E-state index contributed by atoms with van der Waals surface area (Å²) in [4.78, 5) is 21.9. The number of carboxylic acid groups (broad SMARTS) is 2. The molecule has 25 heavy (non-hydrogen) atoms. The van der Waals surface area contributed by atoms with Gasteiger partial charge in [0.25, 0.3) is 0 Å². The van der Waals surface area contributed by atoms with Crippen LogP contribution >= 0.6 is 31.9 Å². The van der Waals surface area contributed by atoms with Crippen LogP contribution in [0.15, 0.2) is 0 Å². The van der Waals surface area contributed by atoms with Crippen molar-refractivity contribution < 1.29 is 19.8 Å². The molecule has 1 saturated carbocycles. The van der Waals surface area contributed by atoms with E-state index >= 15 is 0 Å². The molecule has 1 aliphatic rings. The topological polar surface area (TPSA) is 98.4 Å². The van der Waals surface area contributed by atoms with Gasteiger partial charge in [0.15, 0.2) is 0 Å². The molecule has 0 aromatic rings. The zero-order chi connectivity index (χ0) is 19.7. The van der Waals surface area contributed by atoms with E-state index in [0.29, 0.717) is 32.1 Å². The lowest BCUT2D eigenvalue weighted by Crippen LogP contribution is -2.49. The summed E-state index contributed by atoms with van der Waals surface area (Å²) in [6, 6.07) is 2.26. The average Bonchev–Trinajstić information content (AvgIpc) is 2.61. The van der Waals surface area contributed by atoms with E-state index in [1.807, 2.05) is 20.8 Å². The zero-order valence-electron chi connectivity index (χ0n) is 15.3. The predicted molar refractivity (Wildman–Crippen MR) is 105 cm³/mol. The molecule has 1 fully saturated rings. The first-order valence-electron chi connectivity index (χ1n) is 8.85. The van der Waals surface area contributed by atoms with E-state index in [1.54, 1.807) is 0 Å². The Balaban J connectivity index is 0.000000504. The number of carbonyl (C=O) groups is 2. The Morgan fingerprint density at radius 2 is 1.56 bits per heavy atom. The minimum atomic E-state index is -1.07. The fourth-order valence-electron chi connectivity index (χ4n) is 3.28. The lowest BCUT2D eigenvalue weighted by molar-refractivity contribution is -0.143. The third-order valence-corrected chi connectivity index (χ3v) is 8.05. The zero-order valence-corrected chi connectivity index (χ0v) is 18.5. The fraction of sp³-hybridized carbons (Fsp3) is 0.833. The molecule has 0 amide bonds. The van der Waals surface area contributed by atoms with E-state index < -0.39 is 26.0 Å². The van der Waals surface area contributed by atoms with Gasteiger partial charge in [-0.1, -0.05) is 78.3 Å². The monoisotopic (exact) mass is 481 g/mol. The maximum atomic E-state index is 11.3. The summed E-state index contributed by atoms with van der Waals surface area (Å²) in [5.74, 6) is -1.66. The number of hydrogen-bond donors (Lipinski definition) is 2. The molecule has 2 N–H and O–H groups in total. The Morgan fingerprint density at radius 1 is 1.04 bits per heavy atom. The van der Waals surface area contributed by atoms with Crippen molar-refractivity contribution in [3.63, 3.8) is 0 Å². The molecule has 1 aliphatic carbocycles. The maximum absolute atomic E-state index is 11.3. The molecule has 2 atom stereocenters. The average molecular weight is 483 g/mol. The van der Waals surface area contributed by atoms with Crippen LogP contribution in [0.25, 0.3) is 0 Å². The number of carboxylic acids is 2. The smallest absolute Gasteiger partial charge is 0.322 e. The SMILES string of the molecule is CCC(Br)(C(=O)O)C1(C#N)CCCCC1.CCCC(Br)(CC)C(=O)O. The second kappa shape index (κ2) is 10.5. The highest BCUT2D eigenvalue weighted by atomic mass is 79.9. The molecule has 2 unspecified atom stereocenters. The molecule has 0 aromatic heterocycles. The number of aliphatic carboxylic acids is 2. The summed E-state index contributed by atoms with van der Waals surface area (Å²) in [5.41, 5.74) is -0.730. The van der Waals surface area contributed by atoms with Crippen molar-refractivity contribution in [3.8, 4) is 6.07 Å². The van der Waals surface area contributed by atoms with Crippen molar-refractivity contribution in [3.05, 3.63) is 0 Å². The molecule has 0 bridgehead atoms. The van der Waals surface area contributed by atoms with E-state index in [2.05, 4.69) is 37.9 Å². The Hall–Kier alpha value is -0.610. The maximum Gasteiger partial charge on any atom is 0.322 e. The first kappa shape index (κ1) is 24.4. The van der Waals surface area contributed by atoms with E-state index in [0.717, 1.165) is 25.7 Å². The van der Waals surface area contributed by atoms with Crippen molar-refractivity contribution in [2.45, 2.75) is 87.2 Å². The first-order chi connectivity index (χ1) is 11.6. The largest absolute Gasteiger partial charge is 0.480 e. The van der Waals surface area contributed by atoms with Crippen LogP contribution in [0, 0.1) is 16.7 Å². The summed E-state index contributed by atoms with van der Waals surface area (Å²) in [7, 11) is 0. The molecule has 0 aromatic carbocycles. The number of nitriles is 1. The Bertz CT molecular complexity index is 500. The molecule has 0 aliphatic heterocycles.